The zero-order chi connectivity index (χ0) is 13.7. The predicted molar refractivity (Wildman–Crippen MR) is 78.4 cm³/mol. The van der Waals surface area contributed by atoms with Gasteiger partial charge in [-0.15, -0.1) is 0 Å². The highest BCUT2D eigenvalue weighted by atomic mass is 16.1. The van der Waals surface area contributed by atoms with E-state index in [4.69, 9.17) is 0 Å². The average Bonchev–Trinajstić information content (AvgIpc) is 2.46. The van der Waals surface area contributed by atoms with Crippen molar-refractivity contribution in [3.05, 3.63) is 34.7 Å². The molecule has 1 aliphatic heterocycles. The van der Waals surface area contributed by atoms with Gasteiger partial charge in [0.05, 0.1) is 0 Å². The Hall–Kier alpha value is -1.13. The number of pyridine rings is 1. The van der Waals surface area contributed by atoms with Crippen LogP contribution in [0.5, 0.6) is 0 Å². The van der Waals surface area contributed by atoms with Gasteiger partial charge in [-0.3, -0.25) is 9.69 Å². The van der Waals surface area contributed by atoms with Gasteiger partial charge in [0, 0.05) is 50.5 Å². The van der Waals surface area contributed by atoms with Gasteiger partial charge in [-0.2, -0.15) is 0 Å². The number of hydrogen-bond donors (Lipinski definition) is 1. The average molecular weight is 263 g/mol. The number of nitrogens with zero attached hydrogens (tertiary/aromatic N) is 2. The summed E-state index contributed by atoms with van der Waals surface area (Å²) in [5.41, 5.74) is 0.0951. The normalized spacial score (nSPS) is 24.5. The van der Waals surface area contributed by atoms with Gasteiger partial charge in [0.2, 0.25) is 0 Å². The van der Waals surface area contributed by atoms with E-state index in [1.165, 1.54) is 0 Å². The molecule has 0 bridgehead atoms. The van der Waals surface area contributed by atoms with Crippen LogP contribution >= 0.6 is 0 Å². The molecular weight excluding hydrogens is 238 g/mol. The Bertz CT molecular complexity index is 443. The van der Waals surface area contributed by atoms with Crippen molar-refractivity contribution in [2.45, 2.75) is 45.3 Å². The van der Waals surface area contributed by atoms with Gasteiger partial charge >= 0.3 is 0 Å². The van der Waals surface area contributed by atoms with Crippen LogP contribution in [0.2, 0.25) is 0 Å². The van der Waals surface area contributed by atoms with Crippen molar-refractivity contribution in [1.29, 1.82) is 0 Å². The molecule has 2 unspecified atom stereocenters. The fourth-order valence-electron chi connectivity index (χ4n) is 2.76. The van der Waals surface area contributed by atoms with E-state index in [-0.39, 0.29) is 5.56 Å². The SMILES string of the molecule is CCC1CN(CCn2ccccc2=O)C(CC)CN1. The molecule has 2 rings (SSSR count). The van der Waals surface area contributed by atoms with Crippen LogP contribution in [-0.4, -0.2) is 41.2 Å². The second-order valence-corrected chi connectivity index (χ2v) is 5.30. The van der Waals surface area contributed by atoms with E-state index in [0.29, 0.717) is 12.1 Å². The van der Waals surface area contributed by atoms with Gasteiger partial charge in [0.15, 0.2) is 0 Å². The van der Waals surface area contributed by atoms with Crippen molar-refractivity contribution < 1.29 is 0 Å². The highest BCUT2D eigenvalue weighted by Crippen LogP contribution is 2.11. The second kappa shape index (κ2) is 6.87. The van der Waals surface area contributed by atoms with Crippen LogP contribution in [0, 0.1) is 0 Å². The first-order valence-electron chi connectivity index (χ1n) is 7.37. The van der Waals surface area contributed by atoms with Crippen LogP contribution in [0.15, 0.2) is 29.2 Å². The quantitative estimate of drug-likeness (QED) is 0.870. The summed E-state index contributed by atoms with van der Waals surface area (Å²) < 4.78 is 1.80. The Morgan fingerprint density at radius 1 is 1.26 bits per heavy atom. The van der Waals surface area contributed by atoms with Gasteiger partial charge in [0.1, 0.15) is 0 Å². The number of aromatic nitrogens is 1. The zero-order valence-corrected chi connectivity index (χ0v) is 12.0. The Balaban J connectivity index is 1.96. The topological polar surface area (TPSA) is 37.3 Å². The molecule has 0 saturated carbocycles. The largest absolute Gasteiger partial charge is 0.314 e. The highest BCUT2D eigenvalue weighted by Gasteiger charge is 2.25. The summed E-state index contributed by atoms with van der Waals surface area (Å²) in [6.45, 7) is 8.37. The summed E-state index contributed by atoms with van der Waals surface area (Å²) in [6, 6.07) is 6.54. The zero-order valence-electron chi connectivity index (χ0n) is 12.0. The van der Waals surface area contributed by atoms with E-state index in [1.807, 2.05) is 12.3 Å². The standard InChI is InChI=1S/C15H25N3O/c1-3-13-12-18(14(4-2)11-16-13)10-9-17-8-6-5-7-15(17)19/h5-8,13-14,16H,3-4,9-12H2,1-2H3. The summed E-state index contributed by atoms with van der Waals surface area (Å²) in [4.78, 5) is 14.2. The van der Waals surface area contributed by atoms with E-state index in [2.05, 4.69) is 24.1 Å². The van der Waals surface area contributed by atoms with E-state index >= 15 is 0 Å². The van der Waals surface area contributed by atoms with Crippen molar-refractivity contribution in [1.82, 2.24) is 14.8 Å². The molecule has 0 radical (unpaired) electrons. The molecule has 1 fully saturated rings. The molecule has 19 heavy (non-hydrogen) atoms. The third kappa shape index (κ3) is 3.67. The second-order valence-electron chi connectivity index (χ2n) is 5.30. The molecule has 4 heteroatoms. The minimum absolute atomic E-state index is 0.0951. The first-order chi connectivity index (χ1) is 9.24. The monoisotopic (exact) mass is 263 g/mol. The molecule has 106 valence electrons. The van der Waals surface area contributed by atoms with E-state index in [0.717, 1.165) is 39.0 Å². The van der Waals surface area contributed by atoms with Crippen LogP contribution in [0.3, 0.4) is 0 Å². The lowest BCUT2D eigenvalue weighted by molar-refractivity contribution is 0.120. The molecule has 1 saturated heterocycles. The van der Waals surface area contributed by atoms with E-state index in [9.17, 15) is 4.79 Å². The third-order valence-electron chi connectivity index (χ3n) is 4.10. The van der Waals surface area contributed by atoms with Gasteiger partial charge in [-0.25, -0.2) is 0 Å². The van der Waals surface area contributed by atoms with Crippen LogP contribution < -0.4 is 10.9 Å². The summed E-state index contributed by atoms with van der Waals surface area (Å²) >= 11 is 0. The van der Waals surface area contributed by atoms with Crippen molar-refractivity contribution in [2.75, 3.05) is 19.6 Å². The summed E-state index contributed by atoms with van der Waals surface area (Å²) in [6.07, 6.45) is 4.20. The fraction of sp³-hybridized carbons (Fsp3) is 0.667. The number of hydrogen-bond acceptors (Lipinski definition) is 3. The lowest BCUT2D eigenvalue weighted by Crippen LogP contribution is -2.56. The molecule has 0 aliphatic carbocycles. The first-order valence-corrected chi connectivity index (χ1v) is 7.37. The van der Waals surface area contributed by atoms with E-state index < -0.39 is 0 Å². The predicted octanol–water partition coefficient (Wildman–Crippen LogP) is 1.31. The van der Waals surface area contributed by atoms with Crippen molar-refractivity contribution in [3.8, 4) is 0 Å². The molecule has 1 N–H and O–H groups in total. The minimum Gasteiger partial charge on any atom is -0.314 e. The Morgan fingerprint density at radius 2 is 2.11 bits per heavy atom. The molecule has 1 aliphatic rings. The lowest BCUT2D eigenvalue weighted by Gasteiger charge is -2.40. The maximum atomic E-state index is 11.7. The number of rotatable bonds is 5. The molecule has 1 aromatic heterocycles. The van der Waals surface area contributed by atoms with Crippen LogP contribution in [-0.2, 0) is 6.54 Å². The Kier molecular flexibility index (Phi) is 5.16. The van der Waals surface area contributed by atoms with Crippen LogP contribution in [0.4, 0.5) is 0 Å². The smallest absolute Gasteiger partial charge is 0.250 e. The van der Waals surface area contributed by atoms with Gasteiger partial charge in [0.25, 0.3) is 5.56 Å². The lowest BCUT2D eigenvalue weighted by atomic mass is 10.1. The molecule has 0 amide bonds. The first kappa shape index (κ1) is 14.3. The highest BCUT2D eigenvalue weighted by molar-refractivity contribution is 4.93. The third-order valence-corrected chi connectivity index (χ3v) is 4.10. The summed E-state index contributed by atoms with van der Waals surface area (Å²) in [7, 11) is 0. The van der Waals surface area contributed by atoms with E-state index in [1.54, 1.807) is 16.7 Å². The fourth-order valence-corrected chi connectivity index (χ4v) is 2.76. The maximum Gasteiger partial charge on any atom is 0.250 e. The van der Waals surface area contributed by atoms with Crippen molar-refractivity contribution >= 4 is 0 Å². The molecule has 2 heterocycles. The van der Waals surface area contributed by atoms with Gasteiger partial charge in [-0.05, 0) is 18.9 Å². The Morgan fingerprint density at radius 3 is 2.79 bits per heavy atom. The summed E-state index contributed by atoms with van der Waals surface area (Å²) in [5.74, 6) is 0. The molecule has 0 aromatic carbocycles. The number of piperazine rings is 1. The molecule has 4 nitrogen and oxygen atoms in total. The summed E-state index contributed by atoms with van der Waals surface area (Å²) in [5, 5.41) is 3.60. The minimum atomic E-state index is 0.0951. The Labute approximate surface area is 115 Å². The molecule has 0 spiro atoms. The number of nitrogens with one attached hydrogen (secondary N) is 1. The van der Waals surface area contributed by atoms with Crippen LogP contribution in [0.25, 0.3) is 0 Å². The van der Waals surface area contributed by atoms with Crippen molar-refractivity contribution in [2.24, 2.45) is 0 Å². The van der Waals surface area contributed by atoms with Crippen molar-refractivity contribution in [3.63, 3.8) is 0 Å². The molecular formula is C15H25N3O. The van der Waals surface area contributed by atoms with Crippen LogP contribution in [0.1, 0.15) is 26.7 Å². The maximum absolute atomic E-state index is 11.7. The van der Waals surface area contributed by atoms with Gasteiger partial charge in [-0.1, -0.05) is 19.9 Å². The molecule has 1 aromatic rings. The molecule has 2 atom stereocenters. The van der Waals surface area contributed by atoms with Gasteiger partial charge < -0.3 is 9.88 Å².